The molecule has 2 nitrogen and oxygen atoms in total. The van der Waals surface area contributed by atoms with E-state index in [2.05, 4.69) is 24.3 Å². The van der Waals surface area contributed by atoms with Gasteiger partial charge in [0, 0.05) is 17.8 Å². The van der Waals surface area contributed by atoms with Crippen LogP contribution in [0.3, 0.4) is 0 Å². The minimum absolute atomic E-state index is 0.556. The standard InChI is InChI=1S/C14H15BClNO/c1-15(18)17(10-4-9-16)14-8-7-12-5-2-3-6-13(12)11-14/h2-9,11,18H,10H2,1H3. The Labute approximate surface area is 113 Å². The van der Waals surface area contributed by atoms with Crippen LogP contribution >= 0.6 is 11.6 Å². The number of rotatable bonds is 4. The number of fused-ring (bicyclic) bond motifs is 1. The third-order valence-electron chi connectivity index (χ3n) is 2.91. The Morgan fingerprint density at radius 3 is 2.61 bits per heavy atom. The van der Waals surface area contributed by atoms with Crippen LogP contribution in [-0.2, 0) is 0 Å². The SMILES string of the molecule is CB(O)N(CC=CCl)c1ccc2ccccc2c1. The number of halogens is 1. The second-order valence-corrected chi connectivity index (χ2v) is 4.43. The highest BCUT2D eigenvalue weighted by Gasteiger charge is 2.15. The van der Waals surface area contributed by atoms with Gasteiger partial charge in [-0.25, -0.2) is 0 Å². The van der Waals surface area contributed by atoms with Gasteiger partial charge in [-0.3, -0.25) is 0 Å². The van der Waals surface area contributed by atoms with Crippen LogP contribution in [-0.4, -0.2) is 18.6 Å². The van der Waals surface area contributed by atoms with Gasteiger partial charge in [-0.2, -0.15) is 0 Å². The molecule has 0 radical (unpaired) electrons. The van der Waals surface area contributed by atoms with Crippen molar-refractivity contribution in [2.45, 2.75) is 6.82 Å². The van der Waals surface area contributed by atoms with E-state index in [1.165, 1.54) is 10.9 Å². The summed E-state index contributed by atoms with van der Waals surface area (Å²) < 4.78 is 0. The van der Waals surface area contributed by atoms with Gasteiger partial charge >= 0.3 is 7.05 Å². The Balaban J connectivity index is 2.37. The molecule has 0 fully saturated rings. The first-order chi connectivity index (χ1) is 8.72. The van der Waals surface area contributed by atoms with Crippen LogP contribution in [0.25, 0.3) is 10.8 Å². The molecule has 0 amide bonds. The Kier molecular flexibility index (Phi) is 4.29. The van der Waals surface area contributed by atoms with E-state index in [4.69, 9.17) is 11.6 Å². The highest BCUT2D eigenvalue weighted by Crippen LogP contribution is 2.22. The van der Waals surface area contributed by atoms with Gasteiger partial charge in [-0.15, -0.1) is 0 Å². The Hall–Kier alpha value is -1.45. The highest BCUT2D eigenvalue weighted by molar-refractivity contribution is 6.53. The van der Waals surface area contributed by atoms with Crippen LogP contribution in [0.15, 0.2) is 54.1 Å². The number of nitrogens with zero attached hydrogens (tertiary/aromatic N) is 1. The van der Waals surface area contributed by atoms with Crippen molar-refractivity contribution >= 4 is 35.1 Å². The molecule has 2 aromatic carbocycles. The average Bonchev–Trinajstić information content (AvgIpc) is 2.38. The molecule has 0 saturated carbocycles. The van der Waals surface area contributed by atoms with E-state index in [1.807, 2.05) is 29.1 Å². The van der Waals surface area contributed by atoms with Gasteiger partial charge in [0.25, 0.3) is 0 Å². The van der Waals surface area contributed by atoms with E-state index in [0.29, 0.717) is 6.54 Å². The fourth-order valence-electron chi connectivity index (χ4n) is 1.98. The highest BCUT2D eigenvalue weighted by atomic mass is 35.5. The largest absolute Gasteiger partial charge is 0.432 e. The van der Waals surface area contributed by atoms with E-state index in [1.54, 1.807) is 6.82 Å². The molecular formula is C14H15BClNO. The van der Waals surface area contributed by atoms with E-state index in [9.17, 15) is 5.02 Å². The van der Waals surface area contributed by atoms with Gasteiger partial charge in [-0.1, -0.05) is 48.0 Å². The van der Waals surface area contributed by atoms with Crippen molar-refractivity contribution in [3.8, 4) is 0 Å². The first-order valence-corrected chi connectivity index (χ1v) is 6.35. The molecule has 0 bridgehead atoms. The van der Waals surface area contributed by atoms with E-state index < -0.39 is 7.05 Å². The smallest absolute Gasteiger partial charge is 0.409 e. The lowest BCUT2D eigenvalue weighted by atomic mass is 9.84. The molecule has 4 heteroatoms. The summed E-state index contributed by atoms with van der Waals surface area (Å²) in [5.74, 6) is 0. The summed E-state index contributed by atoms with van der Waals surface area (Å²) in [4.78, 5) is 1.88. The topological polar surface area (TPSA) is 23.5 Å². The third-order valence-corrected chi connectivity index (χ3v) is 3.09. The summed E-state index contributed by atoms with van der Waals surface area (Å²) in [5, 5.41) is 12.2. The van der Waals surface area contributed by atoms with Crippen LogP contribution in [0.2, 0.25) is 6.82 Å². The molecular weight excluding hydrogens is 244 g/mol. The Morgan fingerprint density at radius 1 is 1.22 bits per heavy atom. The molecule has 1 N–H and O–H groups in total. The Bertz CT molecular complexity index is 556. The van der Waals surface area contributed by atoms with Crippen LogP contribution in [0, 0.1) is 0 Å². The summed E-state index contributed by atoms with van der Waals surface area (Å²) in [5.41, 5.74) is 2.45. The van der Waals surface area contributed by atoms with E-state index >= 15 is 0 Å². The molecule has 0 atom stereocenters. The molecule has 0 aliphatic rings. The maximum absolute atomic E-state index is 9.81. The maximum Gasteiger partial charge on any atom is 0.409 e. The minimum Gasteiger partial charge on any atom is -0.432 e. The van der Waals surface area contributed by atoms with Crippen LogP contribution in [0.1, 0.15) is 0 Å². The number of hydrogen-bond acceptors (Lipinski definition) is 2. The number of anilines is 1. The fraction of sp³-hybridized carbons (Fsp3) is 0.143. The second kappa shape index (κ2) is 5.94. The number of benzene rings is 2. The monoisotopic (exact) mass is 259 g/mol. The first-order valence-electron chi connectivity index (χ1n) is 5.91. The molecule has 92 valence electrons. The van der Waals surface area contributed by atoms with Crippen molar-refractivity contribution in [3.05, 3.63) is 54.1 Å². The van der Waals surface area contributed by atoms with Gasteiger partial charge < -0.3 is 9.83 Å². The minimum atomic E-state index is -0.556. The summed E-state index contributed by atoms with van der Waals surface area (Å²) in [6.45, 7) is 2.33. The molecule has 0 aliphatic carbocycles. The summed E-state index contributed by atoms with van der Waals surface area (Å²) in [6.07, 6.45) is 1.81. The summed E-state index contributed by atoms with van der Waals surface area (Å²) in [6, 6.07) is 14.3. The molecule has 0 saturated heterocycles. The van der Waals surface area contributed by atoms with Gasteiger partial charge in [0.1, 0.15) is 0 Å². The predicted molar refractivity (Wildman–Crippen MR) is 80.1 cm³/mol. The molecule has 0 unspecified atom stereocenters. The molecule has 0 spiro atoms. The third kappa shape index (κ3) is 2.86. The summed E-state index contributed by atoms with van der Waals surface area (Å²) >= 11 is 5.54. The molecule has 0 heterocycles. The normalized spacial score (nSPS) is 11.1. The van der Waals surface area contributed by atoms with Gasteiger partial charge in [0.2, 0.25) is 0 Å². The van der Waals surface area contributed by atoms with Crippen molar-refractivity contribution in [1.29, 1.82) is 0 Å². The van der Waals surface area contributed by atoms with E-state index in [0.717, 1.165) is 11.1 Å². The van der Waals surface area contributed by atoms with Crippen LogP contribution < -0.4 is 4.81 Å². The average molecular weight is 260 g/mol. The lowest BCUT2D eigenvalue weighted by Crippen LogP contribution is -2.37. The molecule has 0 aliphatic heterocycles. The lowest BCUT2D eigenvalue weighted by Gasteiger charge is -2.24. The Morgan fingerprint density at radius 2 is 1.94 bits per heavy atom. The molecule has 18 heavy (non-hydrogen) atoms. The van der Waals surface area contributed by atoms with Gasteiger partial charge in [0.05, 0.1) is 0 Å². The second-order valence-electron chi connectivity index (χ2n) is 4.18. The zero-order valence-electron chi connectivity index (χ0n) is 10.3. The molecule has 0 aromatic heterocycles. The van der Waals surface area contributed by atoms with Gasteiger partial charge in [-0.05, 0) is 29.7 Å². The molecule has 2 rings (SSSR count). The van der Waals surface area contributed by atoms with Crippen LogP contribution in [0.5, 0.6) is 0 Å². The number of hydrogen-bond donors (Lipinski definition) is 1. The van der Waals surface area contributed by atoms with Crippen LogP contribution in [0.4, 0.5) is 5.69 Å². The first kappa shape index (κ1) is 13.0. The van der Waals surface area contributed by atoms with Gasteiger partial charge in [0.15, 0.2) is 0 Å². The van der Waals surface area contributed by atoms with Crippen molar-refractivity contribution < 1.29 is 5.02 Å². The lowest BCUT2D eigenvalue weighted by molar-refractivity contribution is 0.573. The van der Waals surface area contributed by atoms with Crippen molar-refractivity contribution in [3.63, 3.8) is 0 Å². The zero-order valence-corrected chi connectivity index (χ0v) is 11.0. The van der Waals surface area contributed by atoms with Crippen molar-refractivity contribution in [2.75, 3.05) is 11.4 Å². The van der Waals surface area contributed by atoms with Crippen molar-refractivity contribution in [2.24, 2.45) is 0 Å². The zero-order chi connectivity index (χ0) is 13.0. The summed E-state index contributed by atoms with van der Waals surface area (Å²) in [7, 11) is -0.556. The fourth-order valence-corrected chi connectivity index (χ4v) is 2.06. The van der Waals surface area contributed by atoms with Crippen molar-refractivity contribution in [1.82, 2.24) is 0 Å². The van der Waals surface area contributed by atoms with E-state index in [-0.39, 0.29) is 0 Å². The quantitative estimate of drug-likeness (QED) is 0.850. The predicted octanol–water partition coefficient (Wildman–Crippen LogP) is 3.51. The maximum atomic E-state index is 9.81. The molecule has 2 aromatic rings.